The summed E-state index contributed by atoms with van der Waals surface area (Å²) in [5.41, 5.74) is 0.468. The van der Waals surface area contributed by atoms with E-state index < -0.39 is 6.10 Å². The molecule has 1 unspecified atom stereocenters. The van der Waals surface area contributed by atoms with Gasteiger partial charge < -0.3 is 15.3 Å². The maximum atomic E-state index is 9.11. The molecule has 0 saturated carbocycles. The number of halogens is 1. The van der Waals surface area contributed by atoms with Gasteiger partial charge in [0.25, 0.3) is 0 Å². The highest BCUT2D eigenvalue weighted by molar-refractivity contribution is 6.32. The van der Waals surface area contributed by atoms with Crippen LogP contribution in [0.1, 0.15) is 18.6 Å². The molecule has 12 heavy (non-hydrogen) atoms. The molecular weight excluding hydrogens is 180 g/mol. The monoisotopic (exact) mass is 188 g/mol. The first kappa shape index (κ1) is 9.16. The van der Waals surface area contributed by atoms with Crippen molar-refractivity contribution in [1.29, 1.82) is 0 Å². The Morgan fingerprint density at radius 1 is 1.33 bits per heavy atom. The molecule has 1 atom stereocenters. The SMILES string of the molecule is CC(O)c1cc(O)c(O)c(Cl)c1. The van der Waals surface area contributed by atoms with Crippen molar-refractivity contribution in [3.63, 3.8) is 0 Å². The van der Waals surface area contributed by atoms with Crippen LogP contribution in [0.5, 0.6) is 11.5 Å². The van der Waals surface area contributed by atoms with E-state index in [-0.39, 0.29) is 16.5 Å². The average molecular weight is 189 g/mol. The number of phenols is 2. The smallest absolute Gasteiger partial charge is 0.176 e. The number of phenolic OH excluding ortho intramolecular Hbond substituents is 2. The molecule has 0 fully saturated rings. The first-order valence-corrected chi connectivity index (χ1v) is 3.79. The second-order valence-electron chi connectivity index (χ2n) is 2.55. The Kier molecular flexibility index (Phi) is 2.45. The second-order valence-corrected chi connectivity index (χ2v) is 2.95. The lowest BCUT2D eigenvalue weighted by atomic mass is 10.1. The van der Waals surface area contributed by atoms with Gasteiger partial charge in [-0.15, -0.1) is 0 Å². The summed E-state index contributed by atoms with van der Waals surface area (Å²) in [6.45, 7) is 1.54. The second kappa shape index (κ2) is 3.21. The number of rotatable bonds is 1. The lowest BCUT2D eigenvalue weighted by molar-refractivity contribution is 0.198. The third-order valence-corrected chi connectivity index (χ3v) is 1.84. The minimum atomic E-state index is -0.714. The van der Waals surface area contributed by atoms with Crippen molar-refractivity contribution in [2.45, 2.75) is 13.0 Å². The molecule has 0 aliphatic rings. The minimum Gasteiger partial charge on any atom is -0.504 e. The molecule has 0 aliphatic carbocycles. The summed E-state index contributed by atoms with van der Waals surface area (Å²) >= 11 is 5.54. The molecule has 0 aliphatic heterocycles. The maximum Gasteiger partial charge on any atom is 0.176 e. The minimum absolute atomic E-state index is 0.0332. The highest BCUT2D eigenvalue weighted by Crippen LogP contribution is 2.35. The average Bonchev–Trinajstić information content (AvgIpc) is 1.99. The standard InChI is InChI=1S/C8H9ClO3/c1-4(10)5-2-6(9)8(12)7(11)3-5/h2-4,10-12H,1H3. The van der Waals surface area contributed by atoms with Crippen molar-refractivity contribution in [1.82, 2.24) is 0 Å². The van der Waals surface area contributed by atoms with Crippen LogP contribution in [0.3, 0.4) is 0 Å². The number of aromatic hydroxyl groups is 2. The molecule has 0 amide bonds. The number of hydrogen-bond donors (Lipinski definition) is 3. The van der Waals surface area contributed by atoms with Crippen LogP contribution >= 0.6 is 11.6 Å². The fourth-order valence-corrected chi connectivity index (χ4v) is 1.07. The van der Waals surface area contributed by atoms with E-state index in [0.717, 1.165) is 0 Å². The zero-order valence-corrected chi connectivity index (χ0v) is 7.21. The summed E-state index contributed by atoms with van der Waals surface area (Å²) in [7, 11) is 0. The van der Waals surface area contributed by atoms with Crippen LogP contribution in [0, 0.1) is 0 Å². The molecule has 1 rings (SSSR count). The van der Waals surface area contributed by atoms with Crippen molar-refractivity contribution in [2.75, 3.05) is 0 Å². The summed E-state index contributed by atoms with van der Waals surface area (Å²) in [4.78, 5) is 0. The van der Waals surface area contributed by atoms with Gasteiger partial charge in [0.1, 0.15) is 0 Å². The van der Waals surface area contributed by atoms with Gasteiger partial charge in [-0.1, -0.05) is 11.6 Å². The lowest BCUT2D eigenvalue weighted by Gasteiger charge is -2.07. The Bertz CT molecular complexity index is 273. The van der Waals surface area contributed by atoms with Crippen LogP contribution in [-0.4, -0.2) is 15.3 Å². The quantitative estimate of drug-likeness (QED) is 0.589. The molecule has 1 aromatic rings. The van der Waals surface area contributed by atoms with Crippen molar-refractivity contribution >= 4 is 11.6 Å². The van der Waals surface area contributed by atoms with Crippen LogP contribution in [0.15, 0.2) is 12.1 Å². The van der Waals surface area contributed by atoms with Crippen molar-refractivity contribution in [3.05, 3.63) is 22.7 Å². The summed E-state index contributed by atoms with van der Waals surface area (Å²) in [5, 5.41) is 27.3. The molecule has 0 aromatic heterocycles. The number of aliphatic hydroxyl groups excluding tert-OH is 1. The van der Waals surface area contributed by atoms with Crippen LogP contribution in [-0.2, 0) is 0 Å². The van der Waals surface area contributed by atoms with E-state index in [0.29, 0.717) is 5.56 Å². The Hall–Kier alpha value is -0.930. The summed E-state index contributed by atoms with van der Waals surface area (Å²) < 4.78 is 0. The van der Waals surface area contributed by atoms with Gasteiger partial charge in [0, 0.05) is 0 Å². The first-order valence-electron chi connectivity index (χ1n) is 3.42. The van der Waals surface area contributed by atoms with Crippen LogP contribution in [0.2, 0.25) is 5.02 Å². The van der Waals surface area contributed by atoms with Gasteiger partial charge in [-0.05, 0) is 24.6 Å². The Labute approximate surface area is 74.8 Å². The Morgan fingerprint density at radius 2 is 1.92 bits per heavy atom. The highest BCUT2D eigenvalue weighted by atomic mass is 35.5. The predicted octanol–water partition coefficient (Wildman–Crippen LogP) is 1.80. The van der Waals surface area contributed by atoms with Crippen LogP contribution in [0.4, 0.5) is 0 Å². The van der Waals surface area contributed by atoms with Crippen LogP contribution in [0.25, 0.3) is 0 Å². The zero-order valence-electron chi connectivity index (χ0n) is 6.45. The van der Waals surface area contributed by atoms with Gasteiger partial charge in [0.2, 0.25) is 0 Å². The van der Waals surface area contributed by atoms with E-state index in [1.807, 2.05) is 0 Å². The van der Waals surface area contributed by atoms with Crippen molar-refractivity contribution in [2.24, 2.45) is 0 Å². The lowest BCUT2D eigenvalue weighted by Crippen LogP contribution is -1.90. The summed E-state index contributed by atoms with van der Waals surface area (Å²) in [6, 6.07) is 2.67. The molecular formula is C8H9ClO3. The molecule has 3 N–H and O–H groups in total. The largest absolute Gasteiger partial charge is 0.504 e. The van der Waals surface area contributed by atoms with Gasteiger partial charge in [0.05, 0.1) is 11.1 Å². The number of aliphatic hydroxyl groups is 1. The molecule has 0 radical (unpaired) electrons. The highest BCUT2D eigenvalue weighted by Gasteiger charge is 2.09. The molecule has 0 heterocycles. The van der Waals surface area contributed by atoms with Crippen molar-refractivity contribution < 1.29 is 15.3 Å². The third kappa shape index (κ3) is 1.62. The number of hydrogen-bond acceptors (Lipinski definition) is 3. The molecule has 66 valence electrons. The van der Waals surface area contributed by atoms with Gasteiger partial charge in [-0.25, -0.2) is 0 Å². The normalized spacial score (nSPS) is 12.9. The van der Waals surface area contributed by atoms with Crippen LogP contribution < -0.4 is 0 Å². The van der Waals surface area contributed by atoms with E-state index in [4.69, 9.17) is 26.9 Å². The molecule has 1 aromatic carbocycles. The molecule has 4 heteroatoms. The fraction of sp³-hybridized carbons (Fsp3) is 0.250. The van der Waals surface area contributed by atoms with E-state index in [2.05, 4.69) is 0 Å². The van der Waals surface area contributed by atoms with E-state index in [1.165, 1.54) is 12.1 Å². The predicted molar refractivity (Wildman–Crippen MR) is 45.4 cm³/mol. The maximum absolute atomic E-state index is 9.11. The summed E-state index contributed by atoms with van der Waals surface area (Å²) in [6.07, 6.45) is -0.714. The van der Waals surface area contributed by atoms with Gasteiger partial charge in [0.15, 0.2) is 11.5 Å². The number of benzene rings is 1. The van der Waals surface area contributed by atoms with Gasteiger partial charge >= 0.3 is 0 Å². The van der Waals surface area contributed by atoms with Gasteiger partial charge in [-0.2, -0.15) is 0 Å². The molecule has 0 saturated heterocycles. The summed E-state index contributed by atoms with van der Waals surface area (Å²) in [5.74, 6) is -0.681. The molecule has 3 nitrogen and oxygen atoms in total. The Morgan fingerprint density at radius 3 is 2.33 bits per heavy atom. The van der Waals surface area contributed by atoms with Crippen molar-refractivity contribution in [3.8, 4) is 11.5 Å². The van der Waals surface area contributed by atoms with E-state index in [9.17, 15) is 0 Å². The molecule has 0 spiro atoms. The van der Waals surface area contributed by atoms with Gasteiger partial charge in [-0.3, -0.25) is 0 Å². The fourth-order valence-electron chi connectivity index (χ4n) is 0.846. The van der Waals surface area contributed by atoms with E-state index >= 15 is 0 Å². The molecule has 0 bridgehead atoms. The topological polar surface area (TPSA) is 60.7 Å². The van der Waals surface area contributed by atoms with E-state index in [1.54, 1.807) is 6.92 Å². The zero-order chi connectivity index (χ0) is 9.30. The first-order chi connectivity index (χ1) is 5.52. The third-order valence-electron chi connectivity index (χ3n) is 1.55. The Balaban J connectivity index is 3.21.